The van der Waals surface area contributed by atoms with Crippen molar-refractivity contribution < 1.29 is 23.8 Å². The van der Waals surface area contributed by atoms with E-state index in [1.54, 1.807) is 31.2 Å². The van der Waals surface area contributed by atoms with Crippen LogP contribution >= 0.6 is 11.6 Å². The van der Waals surface area contributed by atoms with Gasteiger partial charge >= 0.3 is 0 Å². The molecule has 27 heavy (non-hydrogen) atoms. The lowest BCUT2D eigenvalue weighted by molar-refractivity contribution is -0.122. The van der Waals surface area contributed by atoms with Gasteiger partial charge in [-0.1, -0.05) is 11.6 Å². The molecular weight excluding hydrogens is 372 g/mol. The van der Waals surface area contributed by atoms with E-state index in [1.807, 2.05) is 0 Å². The number of amides is 2. The molecule has 140 valence electrons. The highest BCUT2D eigenvalue weighted by Crippen LogP contribution is 2.38. The summed E-state index contributed by atoms with van der Waals surface area (Å²) in [6, 6.07) is 8.18. The molecule has 2 heterocycles. The van der Waals surface area contributed by atoms with Crippen LogP contribution in [0.15, 0.2) is 30.3 Å². The van der Waals surface area contributed by atoms with Crippen LogP contribution in [0.1, 0.15) is 23.7 Å². The van der Waals surface area contributed by atoms with Crippen LogP contribution in [-0.2, 0) is 4.79 Å². The van der Waals surface area contributed by atoms with E-state index in [1.165, 1.54) is 6.07 Å². The summed E-state index contributed by atoms with van der Waals surface area (Å²) in [7, 11) is 0. The number of benzene rings is 2. The van der Waals surface area contributed by atoms with Crippen molar-refractivity contribution in [1.29, 1.82) is 0 Å². The second kappa shape index (κ2) is 7.00. The smallest absolute Gasteiger partial charge is 0.265 e. The molecule has 2 aliphatic rings. The minimum atomic E-state index is -0.554. The average Bonchev–Trinajstić information content (AvgIpc) is 2.89. The molecule has 1 atom stereocenters. The normalized spacial score (nSPS) is 17.9. The van der Waals surface area contributed by atoms with Crippen LogP contribution in [0.3, 0.4) is 0 Å². The molecule has 0 fully saturated rings. The van der Waals surface area contributed by atoms with Crippen LogP contribution in [0, 0.1) is 0 Å². The van der Waals surface area contributed by atoms with E-state index in [4.69, 9.17) is 25.8 Å². The van der Waals surface area contributed by atoms with Crippen LogP contribution in [-0.4, -0.2) is 31.1 Å². The maximum absolute atomic E-state index is 12.6. The van der Waals surface area contributed by atoms with Crippen LogP contribution in [0.4, 0.5) is 11.4 Å². The standard InChI is InChI=1S/C19H17ClN2O5/c1-10-18(23)22-14-9-12(3-4-15(14)27-10)21-19(24)11-7-13(20)17-16(8-11)25-5-2-6-26-17/h3-4,7-10H,2,5-6H2,1H3,(H,21,24)(H,22,23). The van der Waals surface area contributed by atoms with E-state index in [9.17, 15) is 9.59 Å². The highest BCUT2D eigenvalue weighted by Gasteiger charge is 2.24. The number of ether oxygens (including phenoxy) is 3. The van der Waals surface area contributed by atoms with E-state index in [0.29, 0.717) is 52.4 Å². The zero-order valence-corrected chi connectivity index (χ0v) is 15.3. The molecule has 0 saturated heterocycles. The highest BCUT2D eigenvalue weighted by molar-refractivity contribution is 6.32. The first kappa shape index (κ1) is 17.5. The Balaban J connectivity index is 1.56. The second-order valence-corrected chi connectivity index (χ2v) is 6.66. The van der Waals surface area contributed by atoms with Gasteiger partial charge in [0.05, 0.1) is 23.9 Å². The number of anilines is 2. The van der Waals surface area contributed by atoms with Crippen molar-refractivity contribution >= 4 is 34.8 Å². The first-order valence-electron chi connectivity index (χ1n) is 8.53. The van der Waals surface area contributed by atoms with E-state index in [0.717, 1.165) is 6.42 Å². The van der Waals surface area contributed by atoms with Crippen molar-refractivity contribution in [2.24, 2.45) is 0 Å². The fourth-order valence-corrected chi connectivity index (χ4v) is 3.12. The summed E-state index contributed by atoms with van der Waals surface area (Å²) in [5.41, 5.74) is 1.36. The largest absolute Gasteiger partial charge is 0.489 e. The van der Waals surface area contributed by atoms with Crippen LogP contribution in [0.2, 0.25) is 5.02 Å². The molecule has 0 aliphatic carbocycles. The molecule has 2 aromatic rings. The topological polar surface area (TPSA) is 85.9 Å². The Kier molecular flexibility index (Phi) is 4.53. The summed E-state index contributed by atoms with van der Waals surface area (Å²) >= 11 is 6.24. The van der Waals surface area contributed by atoms with Crippen molar-refractivity contribution in [3.63, 3.8) is 0 Å². The quantitative estimate of drug-likeness (QED) is 0.822. The number of fused-ring (bicyclic) bond motifs is 2. The van der Waals surface area contributed by atoms with Crippen LogP contribution in [0.25, 0.3) is 0 Å². The van der Waals surface area contributed by atoms with Crippen LogP contribution < -0.4 is 24.8 Å². The second-order valence-electron chi connectivity index (χ2n) is 6.25. The average molecular weight is 389 g/mol. The van der Waals surface area contributed by atoms with Gasteiger partial charge in [0.15, 0.2) is 17.6 Å². The Morgan fingerprint density at radius 2 is 2.00 bits per heavy atom. The Bertz CT molecular complexity index is 931. The van der Waals surface area contributed by atoms with E-state index in [2.05, 4.69) is 10.6 Å². The summed E-state index contributed by atoms with van der Waals surface area (Å²) < 4.78 is 16.7. The highest BCUT2D eigenvalue weighted by atomic mass is 35.5. The van der Waals surface area contributed by atoms with Gasteiger partial charge in [-0.2, -0.15) is 0 Å². The number of carbonyl (C=O) groups excluding carboxylic acids is 2. The fourth-order valence-electron chi connectivity index (χ4n) is 2.85. The first-order chi connectivity index (χ1) is 13.0. The Morgan fingerprint density at radius 3 is 2.85 bits per heavy atom. The van der Waals surface area contributed by atoms with Gasteiger partial charge in [0.1, 0.15) is 5.75 Å². The third kappa shape index (κ3) is 3.50. The monoisotopic (exact) mass is 388 g/mol. The number of halogens is 1. The number of hydrogen-bond acceptors (Lipinski definition) is 5. The van der Waals surface area contributed by atoms with Crippen LogP contribution in [0.5, 0.6) is 17.2 Å². The lowest BCUT2D eigenvalue weighted by Crippen LogP contribution is -2.34. The zero-order chi connectivity index (χ0) is 19.0. The predicted molar refractivity (Wildman–Crippen MR) is 100 cm³/mol. The van der Waals surface area contributed by atoms with Gasteiger partial charge in [-0.15, -0.1) is 0 Å². The number of rotatable bonds is 2. The van der Waals surface area contributed by atoms with E-state index >= 15 is 0 Å². The van der Waals surface area contributed by atoms with Gasteiger partial charge < -0.3 is 24.8 Å². The number of hydrogen-bond donors (Lipinski definition) is 2. The molecule has 0 spiro atoms. The van der Waals surface area contributed by atoms with Crippen molar-refractivity contribution in [2.45, 2.75) is 19.4 Å². The molecule has 2 aliphatic heterocycles. The Hall–Kier alpha value is -2.93. The maximum atomic E-state index is 12.6. The third-order valence-electron chi connectivity index (χ3n) is 4.23. The summed E-state index contributed by atoms with van der Waals surface area (Å²) in [6.07, 6.45) is 0.190. The minimum Gasteiger partial charge on any atom is -0.489 e. The molecule has 2 aromatic carbocycles. The van der Waals surface area contributed by atoms with Gasteiger partial charge in [0, 0.05) is 17.7 Å². The van der Waals surface area contributed by atoms with Crippen molar-refractivity contribution in [3.05, 3.63) is 40.9 Å². The predicted octanol–water partition coefficient (Wildman–Crippen LogP) is 3.47. The molecular formula is C19H17ClN2O5. The molecule has 0 bridgehead atoms. The lowest BCUT2D eigenvalue weighted by atomic mass is 10.1. The van der Waals surface area contributed by atoms with Crippen molar-refractivity contribution in [1.82, 2.24) is 0 Å². The Morgan fingerprint density at radius 1 is 1.19 bits per heavy atom. The van der Waals surface area contributed by atoms with Gasteiger partial charge in [-0.3, -0.25) is 9.59 Å². The van der Waals surface area contributed by atoms with E-state index in [-0.39, 0.29) is 11.8 Å². The molecule has 2 N–H and O–H groups in total. The zero-order valence-electron chi connectivity index (χ0n) is 14.5. The fraction of sp³-hybridized carbons (Fsp3) is 0.263. The minimum absolute atomic E-state index is 0.236. The molecule has 1 unspecified atom stereocenters. The van der Waals surface area contributed by atoms with Crippen molar-refractivity contribution in [2.75, 3.05) is 23.8 Å². The third-order valence-corrected chi connectivity index (χ3v) is 4.51. The first-order valence-corrected chi connectivity index (χ1v) is 8.91. The summed E-state index contributed by atoms with van der Waals surface area (Å²) in [4.78, 5) is 24.4. The maximum Gasteiger partial charge on any atom is 0.265 e. The van der Waals surface area contributed by atoms with Gasteiger partial charge in [0.2, 0.25) is 0 Å². The summed E-state index contributed by atoms with van der Waals surface area (Å²) in [6.45, 7) is 2.68. The van der Waals surface area contributed by atoms with Gasteiger partial charge in [0.25, 0.3) is 11.8 Å². The molecule has 0 radical (unpaired) electrons. The summed E-state index contributed by atoms with van der Waals surface area (Å²) in [5, 5.41) is 5.85. The molecule has 2 amide bonds. The van der Waals surface area contributed by atoms with Gasteiger partial charge in [-0.05, 0) is 37.3 Å². The molecule has 4 rings (SSSR count). The SMILES string of the molecule is CC1Oc2ccc(NC(=O)c3cc(Cl)c4c(c3)OCCCO4)cc2NC1=O. The molecule has 0 aromatic heterocycles. The number of carbonyl (C=O) groups is 2. The molecule has 0 saturated carbocycles. The lowest BCUT2D eigenvalue weighted by Gasteiger charge is -2.23. The summed E-state index contributed by atoms with van der Waals surface area (Å²) in [5.74, 6) is 0.863. The number of nitrogens with one attached hydrogen (secondary N) is 2. The van der Waals surface area contributed by atoms with Gasteiger partial charge in [-0.25, -0.2) is 0 Å². The molecule has 8 heteroatoms. The van der Waals surface area contributed by atoms with Crippen molar-refractivity contribution in [3.8, 4) is 17.2 Å². The Labute approximate surface area is 160 Å². The van der Waals surface area contributed by atoms with E-state index < -0.39 is 6.10 Å². The molecule has 7 nitrogen and oxygen atoms in total.